The average molecular weight is 678 g/mol. The fourth-order valence-electron chi connectivity index (χ4n) is 5.81. The Morgan fingerprint density at radius 2 is 1.09 bits per heavy atom. The van der Waals surface area contributed by atoms with Crippen LogP contribution in [0.1, 0.15) is 63.4 Å². The number of ether oxygens (including phenoxy) is 2. The minimum atomic E-state index is -1.71. The average Bonchev–Trinajstić information content (AvgIpc) is 3.05. The molecule has 0 fully saturated rings. The topological polar surface area (TPSA) is 55.8 Å². The molecule has 0 aromatic heterocycles. The summed E-state index contributed by atoms with van der Waals surface area (Å²) in [4.78, 5) is 12.1. The molecular weight excluding hydrogens is 631 g/mol. The third-order valence-corrected chi connectivity index (χ3v) is 12.6. The summed E-state index contributed by atoms with van der Waals surface area (Å²) in [5.41, 5.74) is 0.771. The van der Waals surface area contributed by atoms with Crippen molar-refractivity contribution >= 4 is 29.1 Å². The molecule has 0 unspecified atom stereocenters. The molecule has 234 valence electrons. The predicted molar refractivity (Wildman–Crippen MR) is 181 cm³/mol. The maximum atomic E-state index is 12.1. The summed E-state index contributed by atoms with van der Waals surface area (Å²) >= 11 is 0. The van der Waals surface area contributed by atoms with Gasteiger partial charge in [0.15, 0.2) is 11.5 Å². The first kappa shape index (κ1) is 35.3. The Bertz CT molecular complexity index is 1270. The first-order valence-corrected chi connectivity index (χ1v) is 17.7. The van der Waals surface area contributed by atoms with Crippen LogP contribution in [-0.4, -0.2) is 31.0 Å². The van der Waals surface area contributed by atoms with Crippen molar-refractivity contribution in [1.29, 1.82) is 0 Å². The molecule has 4 rings (SSSR count). The summed E-state index contributed by atoms with van der Waals surface area (Å²) in [6.45, 7) is 0.461. The number of benzene rings is 4. The van der Waals surface area contributed by atoms with Gasteiger partial charge in [-0.15, -0.1) is 0 Å². The van der Waals surface area contributed by atoms with Crippen molar-refractivity contribution in [1.82, 2.24) is 0 Å². The number of esters is 1. The Balaban J connectivity index is 0.00000529. The van der Waals surface area contributed by atoms with Crippen LogP contribution in [0.5, 0.6) is 11.5 Å². The molecule has 4 aromatic carbocycles. The zero-order chi connectivity index (χ0) is 30.2. The largest absolute Gasteiger partial charge is 1.00 e. The third-order valence-electron chi connectivity index (χ3n) is 8.08. The van der Waals surface area contributed by atoms with E-state index in [0.29, 0.717) is 12.4 Å². The summed E-state index contributed by atoms with van der Waals surface area (Å²) in [5, 5.41) is 14.1. The van der Waals surface area contributed by atoms with Gasteiger partial charge < -0.3 is 31.6 Å². The van der Waals surface area contributed by atoms with E-state index in [2.05, 4.69) is 91.0 Å². The summed E-state index contributed by atoms with van der Waals surface area (Å²) < 4.78 is 10.5. The molecule has 44 heavy (non-hydrogen) atoms. The lowest BCUT2D eigenvalue weighted by molar-refractivity contribution is -0.142. The van der Waals surface area contributed by atoms with Gasteiger partial charge in [-0.3, -0.25) is 4.79 Å². The molecule has 0 saturated carbocycles. The summed E-state index contributed by atoms with van der Waals surface area (Å²) in [7, 11) is -0.221. The van der Waals surface area contributed by atoms with Gasteiger partial charge in [0.1, 0.15) is 23.2 Å². The zero-order valence-electron chi connectivity index (χ0n) is 25.9. The Labute approximate surface area is 274 Å². The highest BCUT2D eigenvalue weighted by atomic mass is 79.9. The number of halogens is 1. The number of phenols is 1. The Hall–Kier alpha value is -3.14. The highest BCUT2D eigenvalue weighted by Gasteiger charge is 2.44. The number of rotatable bonds is 18. The number of hydrogen-bond donors (Lipinski definition) is 1. The van der Waals surface area contributed by atoms with Crippen LogP contribution in [0.25, 0.3) is 0 Å². The number of unbranched alkanes of at least 4 members (excludes halogenated alkanes) is 8. The van der Waals surface area contributed by atoms with Gasteiger partial charge in [-0.25, -0.2) is 0 Å². The second-order valence-electron chi connectivity index (χ2n) is 11.1. The maximum Gasteiger partial charge on any atom is 0.310 e. The van der Waals surface area contributed by atoms with E-state index in [1.807, 2.05) is 0 Å². The lowest BCUT2D eigenvalue weighted by Crippen LogP contribution is -3.00. The molecule has 1 N–H and O–H groups in total. The Morgan fingerprint density at radius 1 is 0.636 bits per heavy atom. The number of hydrogen-bond acceptors (Lipinski definition) is 4. The van der Waals surface area contributed by atoms with E-state index in [0.717, 1.165) is 18.4 Å². The van der Waals surface area contributed by atoms with E-state index in [-0.39, 0.29) is 35.1 Å². The van der Waals surface area contributed by atoms with Crippen molar-refractivity contribution in [2.24, 2.45) is 0 Å². The number of phenolic OH excluding ortho intramolecular Hbond substituents is 1. The fourth-order valence-corrected chi connectivity index (χ4v) is 10.2. The second kappa shape index (κ2) is 19.3. The number of methoxy groups -OCH3 is 1. The smallest absolute Gasteiger partial charge is 0.310 e. The lowest BCUT2D eigenvalue weighted by atomic mass is 10.1. The van der Waals surface area contributed by atoms with E-state index in [1.165, 1.54) is 80.2 Å². The lowest BCUT2D eigenvalue weighted by Gasteiger charge is -2.27. The van der Waals surface area contributed by atoms with E-state index in [9.17, 15) is 9.90 Å². The molecule has 4 nitrogen and oxygen atoms in total. The first-order valence-electron chi connectivity index (χ1n) is 15.7. The van der Waals surface area contributed by atoms with Gasteiger partial charge >= 0.3 is 5.97 Å². The van der Waals surface area contributed by atoms with Gasteiger partial charge in [0, 0.05) is 0 Å². The first-order chi connectivity index (χ1) is 21.1. The fraction of sp³-hybridized carbons (Fsp3) is 0.342. The van der Waals surface area contributed by atoms with Crippen LogP contribution in [0.3, 0.4) is 0 Å². The van der Waals surface area contributed by atoms with Crippen molar-refractivity contribution < 1.29 is 36.4 Å². The van der Waals surface area contributed by atoms with Crippen LogP contribution in [-0.2, 0) is 16.0 Å². The zero-order valence-corrected chi connectivity index (χ0v) is 28.4. The molecule has 0 aliphatic carbocycles. The van der Waals surface area contributed by atoms with Gasteiger partial charge in [0.2, 0.25) is 0 Å². The molecule has 0 atom stereocenters. The van der Waals surface area contributed by atoms with E-state index in [1.54, 1.807) is 12.1 Å². The van der Waals surface area contributed by atoms with Crippen molar-refractivity contribution in [3.8, 4) is 11.5 Å². The molecular formula is C38H46BrO4P. The maximum absolute atomic E-state index is 12.1. The number of carbonyl (C=O) groups excluding carboxylic acids is 1. The van der Waals surface area contributed by atoms with Crippen LogP contribution in [0.15, 0.2) is 109 Å². The van der Waals surface area contributed by atoms with E-state index in [4.69, 9.17) is 9.47 Å². The van der Waals surface area contributed by atoms with Crippen molar-refractivity contribution in [2.75, 3.05) is 19.9 Å². The normalized spacial score (nSPS) is 11.0. The van der Waals surface area contributed by atoms with Crippen LogP contribution in [0, 0.1) is 0 Å². The van der Waals surface area contributed by atoms with Crippen LogP contribution < -0.4 is 37.6 Å². The SMILES string of the molecule is COc1cc(CC(=O)OCCCCCCCCCCC[P+](c2ccccc2)(c2ccccc2)c2ccccc2)ccc1O.[Br-]. The molecule has 0 bridgehead atoms. The third kappa shape index (κ3) is 10.2. The highest BCUT2D eigenvalue weighted by Crippen LogP contribution is 2.56. The molecule has 4 aromatic rings. The van der Waals surface area contributed by atoms with Gasteiger partial charge in [-0.1, -0.05) is 99.2 Å². The van der Waals surface area contributed by atoms with Crippen LogP contribution >= 0.6 is 7.26 Å². The van der Waals surface area contributed by atoms with Crippen molar-refractivity contribution in [3.05, 3.63) is 115 Å². The van der Waals surface area contributed by atoms with Crippen LogP contribution in [0.2, 0.25) is 0 Å². The van der Waals surface area contributed by atoms with Crippen LogP contribution in [0.4, 0.5) is 0 Å². The van der Waals surface area contributed by atoms with Gasteiger partial charge in [-0.2, -0.15) is 0 Å². The van der Waals surface area contributed by atoms with E-state index < -0.39 is 7.26 Å². The highest BCUT2D eigenvalue weighted by molar-refractivity contribution is 7.95. The predicted octanol–water partition coefficient (Wildman–Crippen LogP) is 5.00. The Morgan fingerprint density at radius 3 is 1.57 bits per heavy atom. The molecule has 0 amide bonds. The van der Waals surface area contributed by atoms with Crippen molar-refractivity contribution in [2.45, 2.75) is 64.2 Å². The molecule has 0 saturated heterocycles. The minimum absolute atomic E-state index is 0. The van der Waals surface area contributed by atoms with Gasteiger partial charge in [0.25, 0.3) is 0 Å². The monoisotopic (exact) mass is 676 g/mol. The molecule has 0 aliphatic rings. The molecule has 0 aliphatic heterocycles. The minimum Gasteiger partial charge on any atom is -1.00 e. The summed E-state index contributed by atoms with van der Waals surface area (Å²) in [6.07, 6.45) is 12.1. The van der Waals surface area contributed by atoms with Gasteiger partial charge in [0.05, 0.1) is 26.3 Å². The standard InChI is InChI=1S/C38H45O4P.BrH/c1-41-37-30-32(26-27-36(37)39)31-38(40)42-28-18-7-5-3-2-4-6-8-19-29-43(33-20-12-9-13-21-33,34-22-14-10-15-23-34)35-24-16-11-17-25-35;/h9-17,20-27,30H,2-8,18-19,28-29,31H2,1H3;1H. The summed E-state index contributed by atoms with van der Waals surface area (Å²) in [6, 6.07) is 38.4. The van der Waals surface area contributed by atoms with Crippen molar-refractivity contribution in [3.63, 3.8) is 0 Å². The number of carbonyl (C=O) groups is 1. The molecule has 0 heterocycles. The molecule has 0 radical (unpaired) electrons. The Kier molecular flexibility index (Phi) is 15.5. The second-order valence-corrected chi connectivity index (χ2v) is 14.7. The summed E-state index contributed by atoms with van der Waals surface area (Å²) in [5.74, 6) is 0.189. The molecule has 0 spiro atoms. The number of aromatic hydroxyl groups is 1. The molecule has 6 heteroatoms. The van der Waals surface area contributed by atoms with Gasteiger partial charge in [-0.05, 0) is 73.4 Å². The van der Waals surface area contributed by atoms with E-state index >= 15 is 0 Å². The quantitative estimate of drug-likeness (QED) is 0.0917.